The fourth-order valence-corrected chi connectivity index (χ4v) is 2.42. The minimum atomic E-state index is 0. The minimum absolute atomic E-state index is 0. The van der Waals surface area contributed by atoms with Crippen molar-refractivity contribution in [1.29, 1.82) is 0 Å². The first-order valence-corrected chi connectivity index (χ1v) is 7.24. The molecule has 118 valence electrons. The van der Waals surface area contributed by atoms with Crippen LogP contribution in [0.5, 0.6) is 0 Å². The third-order valence-electron chi connectivity index (χ3n) is 3.42. The maximum atomic E-state index is 5.95. The van der Waals surface area contributed by atoms with Gasteiger partial charge in [-0.15, -0.1) is 24.0 Å². The maximum absolute atomic E-state index is 5.95. The molecule has 0 amide bonds. The summed E-state index contributed by atoms with van der Waals surface area (Å²) in [5.41, 5.74) is 12.0. The quantitative estimate of drug-likeness (QED) is 0.452. The Morgan fingerprint density at radius 1 is 1.05 bits per heavy atom. The van der Waals surface area contributed by atoms with Crippen LogP contribution in [0.15, 0.2) is 47.5 Å². The number of hydrogen-bond acceptors (Lipinski definition) is 1. The number of aliphatic imine (C=N–C) groups is 1. The second-order valence-corrected chi connectivity index (χ2v) is 5.44. The molecule has 0 saturated heterocycles. The summed E-state index contributed by atoms with van der Waals surface area (Å²) >= 11 is 0. The van der Waals surface area contributed by atoms with Crippen molar-refractivity contribution < 1.29 is 0 Å². The Kier molecular flexibility index (Phi) is 7.38. The first kappa shape index (κ1) is 18.5. The van der Waals surface area contributed by atoms with E-state index in [1.807, 2.05) is 0 Å². The van der Waals surface area contributed by atoms with Crippen molar-refractivity contribution in [2.75, 3.05) is 11.9 Å². The van der Waals surface area contributed by atoms with Crippen molar-refractivity contribution in [3.8, 4) is 0 Å². The van der Waals surface area contributed by atoms with Crippen molar-refractivity contribution in [1.82, 2.24) is 0 Å². The van der Waals surface area contributed by atoms with E-state index in [1.54, 1.807) is 0 Å². The lowest BCUT2D eigenvalue weighted by Gasteiger charge is -2.08. The van der Waals surface area contributed by atoms with Crippen molar-refractivity contribution in [3.05, 3.63) is 64.7 Å². The van der Waals surface area contributed by atoms with Crippen LogP contribution >= 0.6 is 24.0 Å². The first-order chi connectivity index (χ1) is 10.0. The Hall–Kier alpha value is -1.56. The summed E-state index contributed by atoms with van der Waals surface area (Å²) in [4.78, 5) is 4.40. The smallest absolute Gasteiger partial charge is 0.193 e. The van der Waals surface area contributed by atoms with Gasteiger partial charge in [0.2, 0.25) is 0 Å². The van der Waals surface area contributed by atoms with Gasteiger partial charge in [-0.2, -0.15) is 0 Å². The molecule has 0 saturated carbocycles. The van der Waals surface area contributed by atoms with E-state index in [4.69, 9.17) is 5.73 Å². The van der Waals surface area contributed by atoms with E-state index in [9.17, 15) is 0 Å². The summed E-state index contributed by atoms with van der Waals surface area (Å²) in [6, 6.07) is 14.6. The number of benzene rings is 2. The maximum Gasteiger partial charge on any atom is 0.193 e. The molecule has 0 aromatic heterocycles. The fraction of sp³-hybridized carbons (Fsp3) is 0.278. The van der Waals surface area contributed by atoms with E-state index in [1.165, 1.54) is 22.3 Å². The Balaban J connectivity index is 0.00000242. The minimum Gasteiger partial charge on any atom is -0.370 e. The number of guanidine groups is 1. The highest BCUT2D eigenvalue weighted by molar-refractivity contribution is 14.0. The Morgan fingerprint density at radius 3 is 2.32 bits per heavy atom. The Bertz CT molecular complexity index is 630. The highest BCUT2D eigenvalue weighted by atomic mass is 127. The third-order valence-corrected chi connectivity index (χ3v) is 3.42. The van der Waals surface area contributed by atoms with Crippen LogP contribution in [0.3, 0.4) is 0 Å². The highest BCUT2D eigenvalue weighted by Gasteiger charge is 1.99. The van der Waals surface area contributed by atoms with E-state index in [2.05, 4.69) is 73.5 Å². The van der Waals surface area contributed by atoms with Crippen LogP contribution in [0.2, 0.25) is 0 Å². The Morgan fingerprint density at radius 2 is 1.68 bits per heavy atom. The Labute approximate surface area is 150 Å². The average Bonchev–Trinajstić information content (AvgIpc) is 2.39. The normalized spacial score (nSPS) is 11.0. The van der Waals surface area contributed by atoms with E-state index in [0.717, 1.165) is 12.1 Å². The molecular formula is C18H24IN3. The van der Waals surface area contributed by atoms with Crippen LogP contribution in [-0.2, 0) is 6.42 Å². The van der Waals surface area contributed by atoms with Gasteiger partial charge in [0.25, 0.3) is 0 Å². The summed E-state index contributed by atoms with van der Waals surface area (Å²) in [7, 11) is 0. The number of aryl methyl sites for hydroxylation is 3. The number of halogens is 1. The highest BCUT2D eigenvalue weighted by Crippen LogP contribution is 2.13. The van der Waals surface area contributed by atoms with Crippen LogP contribution < -0.4 is 11.1 Å². The summed E-state index contributed by atoms with van der Waals surface area (Å²) in [5.74, 6) is 0.466. The van der Waals surface area contributed by atoms with Crippen LogP contribution in [0.1, 0.15) is 22.3 Å². The molecule has 4 heteroatoms. The van der Waals surface area contributed by atoms with Crippen molar-refractivity contribution in [2.24, 2.45) is 10.7 Å². The lowest BCUT2D eigenvalue weighted by atomic mass is 10.1. The van der Waals surface area contributed by atoms with E-state index in [-0.39, 0.29) is 24.0 Å². The number of hydrogen-bond donors (Lipinski definition) is 2. The summed E-state index contributed by atoms with van der Waals surface area (Å²) in [6.07, 6.45) is 0.905. The monoisotopic (exact) mass is 409 g/mol. The standard InChI is InChI=1S/C18H23N3.HI/c1-13-10-14(2)12-17(11-13)21-18(19)20-9-8-16-7-5-4-6-15(16)3;/h4-7,10-12H,8-9H2,1-3H3,(H3,19,20,21);1H. The molecule has 22 heavy (non-hydrogen) atoms. The molecule has 0 heterocycles. The number of nitrogens with two attached hydrogens (primary N) is 1. The van der Waals surface area contributed by atoms with Crippen LogP contribution in [-0.4, -0.2) is 12.5 Å². The molecule has 0 fully saturated rings. The van der Waals surface area contributed by atoms with Gasteiger partial charge in [0.15, 0.2) is 5.96 Å². The van der Waals surface area contributed by atoms with Crippen molar-refractivity contribution in [3.63, 3.8) is 0 Å². The molecule has 3 N–H and O–H groups in total. The molecule has 0 radical (unpaired) electrons. The van der Waals surface area contributed by atoms with Crippen LogP contribution in [0.4, 0.5) is 5.69 Å². The summed E-state index contributed by atoms with van der Waals surface area (Å²) in [5, 5.41) is 3.15. The van der Waals surface area contributed by atoms with Gasteiger partial charge < -0.3 is 11.1 Å². The van der Waals surface area contributed by atoms with Gasteiger partial charge in [0, 0.05) is 12.2 Å². The van der Waals surface area contributed by atoms with Crippen LogP contribution in [0.25, 0.3) is 0 Å². The van der Waals surface area contributed by atoms with Gasteiger partial charge in [-0.1, -0.05) is 30.3 Å². The molecule has 0 aliphatic rings. The number of nitrogens with one attached hydrogen (secondary N) is 1. The molecule has 0 unspecified atom stereocenters. The van der Waals surface area contributed by atoms with Crippen molar-refractivity contribution in [2.45, 2.75) is 27.2 Å². The topological polar surface area (TPSA) is 50.4 Å². The van der Waals surface area contributed by atoms with Crippen molar-refractivity contribution >= 4 is 35.6 Å². The molecule has 0 atom stereocenters. The number of nitrogens with zero attached hydrogens (tertiary/aromatic N) is 1. The molecule has 0 aliphatic heterocycles. The molecule has 2 aromatic carbocycles. The van der Waals surface area contributed by atoms with E-state index >= 15 is 0 Å². The van der Waals surface area contributed by atoms with Gasteiger partial charge in [-0.3, -0.25) is 4.99 Å². The predicted molar refractivity (Wildman–Crippen MR) is 106 cm³/mol. The summed E-state index contributed by atoms with van der Waals surface area (Å²) in [6.45, 7) is 6.96. The fourth-order valence-electron chi connectivity index (χ4n) is 2.42. The summed E-state index contributed by atoms with van der Waals surface area (Å²) < 4.78 is 0. The van der Waals surface area contributed by atoms with Gasteiger partial charge in [-0.05, 0) is 61.6 Å². The zero-order valence-corrected chi connectivity index (χ0v) is 15.7. The first-order valence-electron chi connectivity index (χ1n) is 7.24. The van der Waals surface area contributed by atoms with E-state index in [0.29, 0.717) is 12.5 Å². The average molecular weight is 409 g/mol. The molecule has 0 spiro atoms. The second kappa shape index (κ2) is 8.78. The molecular weight excluding hydrogens is 385 g/mol. The van der Waals surface area contributed by atoms with Crippen LogP contribution in [0, 0.1) is 20.8 Å². The SMILES string of the molecule is Cc1cc(C)cc(NC(N)=NCCc2ccccc2C)c1.I. The predicted octanol–water partition coefficient (Wildman–Crippen LogP) is 4.20. The van der Waals surface area contributed by atoms with Gasteiger partial charge in [0.05, 0.1) is 0 Å². The lowest BCUT2D eigenvalue weighted by molar-refractivity contribution is 0.954. The van der Waals surface area contributed by atoms with E-state index < -0.39 is 0 Å². The zero-order chi connectivity index (χ0) is 15.2. The molecule has 0 bridgehead atoms. The van der Waals surface area contributed by atoms with Gasteiger partial charge >= 0.3 is 0 Å². The number of anilines is 1. The molecule has 2 rings (SSSR count). The molecule has 2 aromatic rings. The lowest BCUT2D eigenvalue weighted by Crippen LogP contribution is -2.23. The number of rotatable bonds is 4. The second-order valence-electron chi connectivity index (χ2n) is 5.44. The largest absolute Gasteiger partial charge is 0.370 e. The van der Waals surface area contributed by atoms with Gasteiger partial charge in [0.1, 0.15) is 0 Å². The molecule has 0 aliphatic carbocycles. The third kappa shape index (κ3) is 5.67. The van der Waals surface area contributed by atoms with Gasteiger partial charge in [-0.25, -0.2) is 0 Å². The zero-order valence-electron chi connectivity index (χ0n) is 13.4. The molecule has 3 nitrogen and oxygen atoms in total.